The van der Waals surface area contributed by atoms with Crippen molar-refractivity contribution in [3.63, 3.8) is 0 Å². The number of nitrogens with zero attached hydrogens (tertiary/aromatic N) is 3. The summed E-state index contributed by atoms with van der Waals surface area (Å²) in [5.41, 5.74) is -0.375. The summed E-state index contributed by atoms with van der Waals surface area (Å²) >= 11 is 0. The smallest absolute Gasteiger partial charge is 0.105 e. The summed E-state index contributed by atoms with van der Waals surface area (Å²) in [6.45, 7) is 8.26. The second-order valence-electron chi connectivity index (χ2n) is 5.82. The monoisotopic (exact) mass is 252 g/mol. The third-order valence-electron chi connectivity index (χ3n) is 3.79. The third kappa shape index (κ3) is 4.56. The van der Waals surface area contributed by atoms with E-state index in [1.165, 1.54) is 19.4 Å². The van der Waals surface area contributed by atoms with Crippen molar-refractivity contribution in [3.8, 4) is 6.07 Å². The van der Waals surface area contributed by atoms with Gasteiger partial charge in [-0.05, 0) is 53.4 Å². The lowest BCUT2D eigenvalue weighted by atomic mass is 9.99. The number of likely N-dealkylation sites (N-methyl/N-ethyl adjacent to an activating group) is 1. The first-order valence-electron chi connectivity index (χ1n) is 7.06. The van der Waals surface area contributed by atoms with Gasteiger partial charge in [0.05, 0.1) is 6.07 Å². The summed E-state index contributed by atoms with van der Waals surface area (Å²) in [5.74, 6) is 0. The first-order chi connectivity index (χ1) is 8.50. The number of likely N-dealkylation sites (tertiary alicyclic amines) is 1. The molecule has 1 heterocycles. The first-order valence-corrected chi connectivity index (χ1v) is 7.06. The number of hydrogen-bond acceptors (Lipinski definition) is 4. The molecule has 0 saturated carbocycles. The van der Waals surface area contributed by atoms with Crippen LogP contribution in [0.4, 0.5) is 0 Å². The molecule has 0 aliphatic carbocycles. The lowest BCUT2D eigenvalue weighted by Crippen LogP contribution is -2.45. The highest BCUT2D eigenvalue weighted by Gasteiger charge is 2.28. The summed E-state index contributed by atoms with van der Waals surface area (Å²) < 4.78 is 0. The highest BCUT2D eigenvalue weighted by atomic mass is 15.2. The van der Waals surface area contributed by atoms with Gasteiger partial charge in [-0.15, -0.1) is 0 Å². The van der Waals surface area contributed by atoms with Crippen LogP contribution < -0.4 is 5.32 Å². The van der Waals surface area contributed by atoms with Gasteiger partial charge < -0.3 is 4.90 Å². The van der Waals surface area contributed by atoms with Crippen LogP contribution >= 0.6 is 0 Å². The molecule has 4 heteroatoms. The van der Waals surface area contributed by atoms with Crippen LogP contribution in [-0.4, -0.2) is 61.7 Å². The Morgan fingerprint density at radius 1 is 1.50 bits per heavy atom. The molecule has 104 valence electrons. The quantitative estimate of drug-likeness (QED) is 0.741. The number of rotatable bonds is 7. The van der Waals surface area contributed by atoms with E-state index in [2.05, 4.69) is 42.2 Å². The van der Waals surface area contributed by atoms with Gasteiger partial charge in [0.2, 0.25) is 0 Å². The minimum Gasteiger partial charge on any atom is -0.308 e. The molecule has 2 atom stereocenters. The van der Waals surface area contributed by atoms with E-state index in [0.717, 1.165) is 26.1 Å². The molecule has 18 heavy (non-hydrogen) atoms. The van der Waals surface area contributed by atoms with E-state index in [0.29, 0.717) is 6.04 Å². The molecule has 0 aromatic heterocycles. The SMILES string of the molecule is CCNC(C)(C#N)CCN1CCCC1CN(C)C. The van der Waals surface area contributed by atoms with E-state index < -0.39 is 0 Å². The maximum Gasteiger partial charge on any atom is 0.105 e. The van der Waals surface area contributed by atoms with E-state index in [1.807, 2.05) is 6.92 Å². The Hall–Kier alpha value is -0.630. The van der Waals surface area contributed by atoms with Crippen molar-refractivity contribution >= 4 is 0 Å². The molecule has 0 spiro atoms. The summed E-state index contributed by atoms with van der Waals surface area (Å²) in [6, 6.07) is 3.08. The number of hydrogen-bond donors (Lipinski definition) is 1. The molecule has 1 saturated heterocycles. The number of nitrogens with one attached hydrogen (secondary N) is 1. The van der Waals surface area contributed by atoms with Crippen molar-refractivity contribution in [3.05, 3.63) is 0 Å². The molecule has 0 amide bonds. The second-order valence-corrected chi connectivity index (χ2v) is 5.82. The summed E-state index contributed by atoms with van der Waals surface area (Å²) in [6.07, 6.45) is 3.49. The van der Waals surface area contributed by atoms with Gasteiger partial charge in [-0.2, -0.15) is 5.26 Å². The lowest BCUT2D eigenvalue weighted by Gasteiger charge is -2.30. The average Bonchev–Trinajstić information content (AvgIpc) is 2.73. The maximum absolute atomic E-state index is 9.26. The maximum atomic E-state index is 9.26. The zero-order valence-corrected chi connectivity index (χ0v) is 12.4. The molecular weight excluding hydrogens is 224 g/mol. The Morgan fingerprint density at radius 3 is 2.78 bits per heavy atom. The molecule has 4 nitrogen and oxygen atoms in total. The van der Waals surface area contributed by atoms with Crippen LogP contribution in [-0.2, 0) is 0 Å². The van der Waals surface area contributed by atoms with Gasteiger partial charge in [0.15, 0.2) is 0 Å². The topological polar surface area (TPSA) is 42.3 Å². The lowest BCUT2D eigenvalue weighted by molar-refractivity contribution is 0.193. The fourth-order valence-corrected chi connectivity index (χ4v) is 2.76. The molecule has 1 rings (SSSR count). The van der Waals surface area contributed by atoms with E-state index in [-0.39, 0.29) is 5.54 Å². The van der Waals surface area contributed by atoms with Gasteiger partial charge in [0.1, 0.15) is 5.54 Å². The molecule has 0 aromatic rings. The molecule has 1 aliphatic rings. The van der Waals surface area contributed by atoms with E-state index in [1.54, 1.807) is 0 Å². The summed E-state index contributed by atoms with van der Waals surface area (Å²) in [4.78, 5) is 4.81. The van der Waals surface area contributed by atoms with Crippen molar-refractivity contribution < 1.29 is 0 Å². The predicted octanol–water partition coefficient (Wildman–Crippen LogP) is 1.29. The number of nitriles is 1. The third-order valence-corrected chi connectivity index (χ3v) is 3.79. The van der Waals surface area contributed by atoms with Gasteiger partial charge in [0, 0.05) is 19.1 Å². The van der Waals surface area contributed by atoms with Crippen molar-refractivity contribution in [2.45, 2.75) is 44.7 Å². The fourth-order valence-electron chi connectivity index (χ4n) is 2.76. The van der Waals surface area contributed by atoms with Gasteiger partial charge >= 0.3 is 0 Å². The van der Waals surface area contributed by atoms with E-state index in [4.69, 9.17) is 0 Å². The zero-order chi connectivity index (χ0) is 13.6. The van der Waals surface area contributed by atoms with Crippen molar-refractivity contribution in [2.75, 3.05) is 40.3 Å². The molecule has 1 N–H and O–H groups in total. The first kappa shape index (κ1) is 15.4. The van der Waals surface area contributed by atoms with Gasteiger partial charge in [-0.3, -0.25) is 10.2 Å². The molecule has 0 aromatic carbocycles. The van der Waals surface area contributed by atoms with Crippen LogP contribution in [0, 0.1) is 11.3 Å². The second kappa shape index (κ2) is 7.08. The normalized spacial score (nSPS) is 24.1. The highest BCUT2D eigenvalue weighted by molar-refractivity contribution is 5.04. The Bertz CT molecular complexity index is 284. The van der Waals surface area contributed by atoms with Crippen LogP contribution in [0.15, 0.2) is 0 Å². The minimum atomic E-state index is -0.375. The Kier molecular flexibility index (Phi) is 6.07. The molecule has 0 bridgehead atoms. The molecule has 1 aliphatic heterocycles. The average molecular weight is 252 g/mol. The largest absolute Gasteiger partial charge is 0.308 e. The van der Waals surface area contributed by atoms with E-state index >= 15 is 0 Å². The van der Waals surface area contributed by atoms with Gasteiger partial charge in [-0.1, -0.05) is 6.92 Å². The predicted molar refractivity (Wildman–Crippen MR) is 75.5 cm³/mol. The van der Waals surface area contributed by atoms with Crippen LogP contribution in [0.25, 0.3) is 0 Å². The van der Waals surface area contributed by atoms with Crippen LogP contribution in [0.1, 0.15) is 33.1 Å². The van der Waals surface area contributed by atoms with Crippen LogP contribution in [0.3, 0.4) is 0 Å². The molecule has 2 unspecified atom stereocenters. The van der Waals surface area contributed by atoms with Crippen molar-refractivity contribution in [2.24, 2.45) is 0 Å². The van der Waals surface area contributed by atoms with Gasteiger partial charge in [-0.25, -0.2) is 0 Å². The van der Waals surface area contributed by atoms with Crippen LogP contribution in [0.2, 0.25) is 0 Å². The fraction of sp³-hybridized carbons (Fsp3) is 0.929. The van der Waals surface area contributed by atoms with Crippen LogP contribution in [0.5, 0.6) is 0 Å². The van der Waals surface area contributed by atoms with Crippen molar-refractivity contribution in [1.82, 2.24) is 15.1 Å². The molecule has 0 radical (unpaired) electrons. The highest BCUT2D eigenvalue weighted by Crippen LogP contribution is 2.20. The summed E-state index contributed by atoms with van der Waals surface area (Å²) in [5, 5.41) is 12.6. The standard InChI is InChI=1S/C14H28N4/c1-5-16-14(2,12-15)8-10-18-9-6-7-13(18)11-17(3)4/h13,16H,5-11H2,1-4H3. The zero-order valence-electron chi connectivity index (χ0n) is 12.4. The molecule has 1 fully saturated rings. The Labute approximate surface area is 112 Å². The Morgan fingerprint density at radius 2 is 2.22 bits per heavy atom. The minimum absolute atomic E-state index is 0.375. The summed E-state index contributed by atoms with van der Waals surface area (Å²) in [7, 11) is 4.27. The van der Waals surface area contributed by atoms with E-state index in [9.17, 15) is 5.26 Å². The Balaban J connectivity index is 2.44. The van der Waals surface area contributed by atoms with Gasteiger partial charge in [0.25, 0.3) is 0 Å². The van der Waals surface area contributed by atoms with Crippen molar-refractivity contribution in [1.29, 1.82) is 5.26 Å². The molecular formula is C14H28N4.